The molecule has 0 unspecified atom stereocenters. The summed E-state index contributed by atoms with van der Waals surface area (Å²) in [6.45, 7) is 10.1. The number of nitrogens with zero attached hydrogens (tertiary/aromatic N) is 1. The molecular weight excluding hydrogens is 278 g/mol. The molecule has 0 saturated heterocycles. The highest BCUT2D eigenvalue weighted by Crippen LogP contribution is 2.28. The van der Waals surface area contributed by atoms with Crippen LogP contribution in [-0.2, 0) is 4.79 Å². The van der Waals surface area contributed by atoms with Crippen LogP contribution in [0.2, 0.25) is 0 Å². The van der Waals surface area contributed by atoms with Gasteiger partial charge in [0.25, 0.3) is 0 Å². The number of carbonyl (C=O) groups excluding carboxylic acids is 1. The van der Waals surface area contributed by atoms with Crippen LogP contribution in [0.25, 0.3) is 6.08 Å². The molecule has 0 aliphatic heterocycles. The molecule has 1 rings (SSSR count). The molecular formula is C18H23NO3. The summed E-state index contributed by atoms with van der Waals surface area (Å²) in [7, 11) is 3.17. The number of carbonyl (C=O) groups is 1. The number of rotatable bonds is 8. The average Bonchev–Trinajstić information content (AvgIpc) is 2.53. The van der Waals surface area contributed by atoms with E-state index in [0.29, 0.717) is 30.2 Å². The summed E-state index contributed by atoms with van der Waals surface area (Å²) in [5.74, 6) is 1.24. The average molecular weight is 301 g/mol. The normalized spacial score (nSPS) is 10.8. The highest BCUT2D eigenvalue weighted by atomic mass is 16.5. The third kappa shape index (κ3) is 4.52. The summed E-state index contributed by atoms with van der Waals surface area (Å²) in [5, 5.41) is 0. The molecule has 4 nitrogen and oxygen atoms in total. The van der Waals surface area contributed by atoms with E-state index in [1.165, 1.54) is 0 Å². The van der Waals surface area contributed by atoms with Gasteiger partial charge in [0.05, 0.1) is 14.2 Å². The molecule has 0 spiro atoms. The zero-order chi connectivity index (χ0) is 16.5. The lowest BCUT2D eigenvalue weighted by Gasteiger charge is -2.19. The van der Waals surface area contributed by atoms with Crippen molar-refractivity contribution in [1.29, 1.82) is 0 Å². The van der Waals surface area contributed by atoms with Crippen LogP contribution >= 0.6 is 0 Å². The van der Waals surface area contributed by atoms with Crippen LogP contribution in [0.4, 0.5) is 0 Å². The smallest absolute Gasteiger partial charge is 0.250 e. The fraction of sp³-hybridized carbons (Fsp3) is 0.278. The van der Waals surface area contributed by atoms with Crippen LogP contribution in [-0.4, -0.2) is 38.1 Å². The van der Waals surface area contributed by atoms with Crippen molar-refractivity contribution in [2.24, 2.45) is 0 Å². The lowest BCUT2D eigenvalue weighted by molar-refractivity contribution is -0.126. The Labute approximate surface area is 132 Å². The quantitative estimate of drug-likeness (QED) is 0.546. The predicted octanol–water partition coefficient (Wildman–Crippen LogP) is 3.31. The van der Waals surface area contributed by atoms with Gasteiger partial charge >= 0.3 is 0 Å². The van der Waals surface area contributed by atoms with Crippen LogP contribution in [0.1, 0.15) is 12.5 Å². The molecule has 0 bridgehead atoms. The summed E-state index contributed by atoms with van der Waals surface area (Å²) in [5.41, 5.74) is 1.51. The van der Waals surface area contributed by atoms with Crippen LogP contribution in [0, 0.1) is 0 Å². The van der Waals surface area contributed by atoms with E-state index in [-0.39, 0.29) is 5.91 Å². The van der Waals surface area contributed by atoms with Crippen molar-refractivity contribution >= 4 is 12.0 Å². The van der Waals surface area contributed by atoms with Gasteiger partial charge in [-0.15, -0.1) is 13.2 Å². The standard InChI is InChI=1S/C18H23NO3/c1-6-10-19(11-7-2)18(20)14(3)12-15-8-9-16(21-4)17(13-15)22-5/h6-9,12-13H,1-2,10-11H2,3-5H3/b14-12+. The largest absolute Gasteiger partial charge is 0.493 e. The molecule has 1 aromatic carbocycles. The van der Waals surface area contributed by atoms with Crippen LogP contribution in [0.15, 0.2) is 49.1 Å². The van der Waals surface area contributed by atoms with Gasteiger partial charge < -0.3 is 14.4 Å². The number of hydrogen-bond donors (Lipinski definition) is 0. The number of benzene rings is 1. The van der Waals surface area contributed by atoms with E-state index in [0.717, 1.165) is 5.56 Å². The highest BCUT2D eigenvalue weighted by Gasteiger charge is 2.13. The van der Waals surface area contributed by atoms with E-state index in [9.17, 15) is 4.79 Å². The zero-order valence-corrected chi connectivity index (χ0v) is 13.5. The Hall–Kier alpha value is -2.49. The van der Waals surface area contributed by atoms with Crippen molar-refractivity contribution in [2.45, 2.75) is 6.92 Å². The first-order valence-corrected chi connectivity index (χ1v) is 6.98. The molecule has 0 aliphatic rings. The van der Waals surface area contributed by atoms with Gasteiger partial charge in [0.2, 0.25) is 5.91 Å². The van der Waals surface area contributed by atoms with Gasteiger partial charge in [0.1, 0.15) is 0 Å². The lowest BCUT2D eigenvalue weighted by Crippen LogP contribution is -2.31. The maximum atomic E-state index is 12.4. The van der Waals surface area contributed by atoms with E-state index < -0.39 is 0 Å². The minimum atomic E-state index is -0.0467. The minimum absolute atomic E-state index is 0.0467. The molecule has 4 heteroatoms. The molecule has 0 heterocycles. The summed E-state index contributed by atoms with van der Waals surface area (Å²) < 4.78 is 10.5. The Morgan fingerprint density at radius 3 is 2.23 bits per heavy atom. The van der Waals surface area contributed by atoms with Crippen LogP contribution in [0.5, 0.6) is 11.5 Å². The third-order valence-corrected chi connectivity index (χ3v) is 3.11. The Morgan fingerprint density at radius 2 is 1.73 bits per heavy atom. The lowest BCUT2D eigenvalue weighted by atomic mass is 10.1. The van der Waals surface area contributed by atoms with Crippen molar-refractivity contribution in [3.8, 4) is 11.5 Å². The molecule has 1 aromatic rings. The minimum Gasteiger partial charge on any atom is -0.493 e. The molecule has 118 valence electrons. The van der Waals surface area contributed by atoms with E-state index in [1.54, 1.807) is 38.2 Å². The first-order valence-electron chi connectivity index (χ1n) is 6.98. The van der Waals surface area contributed by atoms with Gasteiger partial charge in [-0.25, -0.2) is 0 Å². The SMILES string of the molecule is C=CCN(CC=C)C(=O)/C(C)=C/c1ccc(OC)c(OC)c1. The third-order valence-electron chi connectivity index (χ3n) is 3.11. The Kier molecular flexibility index (Phi) is 6.96. The van der Waals surface area contributed by atoms with E-state index in [4.69, 9.17) is 9.47 Å². The monoisotopic (exact) mass is 301 g/mol. The van der Waals surface area contributed by atoms with Crippen LogP contribution < -0.4 is 9.47 Å². The van der Waals surface area contributed by atoms with Gasteiger partial charge in [0, 0.05) is 18.7 Å². The fourth-order valence-corrected chi connectivity index (χ4v) is 2.06. The van der Waals surface area contributed by atoms with E-state index in [2.05, 4.69) is 13.2 Å². The molecule has 1 amide bonds. The maximum Gasteiger partial charge on any atom is 0.250 e. The van der Waals surface area contributed by atoms with Gasteiger partial charge in [0.15, 0.2) is 11.5 Å². The van der Waals surface area contributed by atoms with Crippen molar-refractivity contribution in [3.63, 3.8) is 0 Å². The molecule has 22 heavy (non-hydrogen) atoms. The Balaban J connectivity index is 3.02. The zero-order valence-electron chi connectivity index (χ0n) is 13.5. The molecule has 0 aromatic heterocycles. The first-order chi connectivity index (χ1) is 10.6. The number of methoxy groups -OCH3 is 2. The molecule has 0 N–H and O–H groups in total. The molecule has 0 saturated carbocycles. The maximum absolute atomic E-state index is 12.4. The summed E-state index contributed by atoms with van der Waals surface area (Å²) in [6.07, 6.45) is 5.22. The molecule has 0 atom stereocenters. The first kappa shape index (κ1) is 17.6. The molecule has 0 fully saturated rings. The fourth-order valence-electron chi connectivity index (χ4n) is 2.06. The van der Waals surface area contributed by atoms with E-state index in [1.807, 2.05) is 24.3 Å². The van der Waals surface area contributed by atoms with Crippen molar-refractivity contribution in [2.75, 3.05) is 27.3 Å². The van der Waals surface area contributed by atoms with Crippen LogP contribution in [0.3, 0.4) is 0 Å². The summed E-state index contributed by atoms with van der Waals surface area (Å²) in [6, 6.07) is 5.53. The van der Waals surface area contributed by atoms with Gasteiger partial charge in [-0.3, -0.25) is 4.79 Å². The summed E-state index contributed by atoms with van der Waals surface area (Å²) >= 11 is 0. The molecule has 0 radical (unpaired) electrons. The second-order valence-electron chi connectivity index (χ2n) is 4.73. The Bertz CT molecular complexity index is 566. The van der Waals surface area contributed by atoms with Crippen molar-refractivity contribution in [1.82, 2.24) is 4.90 Å². The predicted molar refractivity (Wildman–Crippen MR) is 90.2 cm³/mol. The number of amides is 1. The molecule has 0 aliphatic carbocycles. The Morgan fingerprint density at radius 1 is 1.14 bits per heavy atom. The summed E-state index contributed by atoms with van der Waals surface area (Å²) in [4.78, 5) is 14.1. The van der Waals surface area contributed by atoms with Gasteiger partial charge in [-0.05, 0) is 30.7 Å². The second-order valence-corrected chi connectivity index (χ2v) is 4.73. The van der Waals surface area contributed by atoms with Crippen molar-refractivity contribution in [3.05, 3.63) is 54.6 Å². The van der Waals surface area contributed by atoms with Gasteiger partial charge in [-0.1, -0.05) is 18.2 Å². The van der Waals surface area contributed by atoms with Gasteiger partial charge in [-0.2, -0.15) is 0 Å². The highest BCUT2D eigenvalue weighted by molar-refractivity contribution is 5.97. The topological polar surface area (TPSA) is 38.8 Å². The number of hydrogen-bond acceptors (Lipinski definition) is 3. The number of ether oxygens (including phenoxy) is 2. The second kappa shape index (κ2) is 8.72. The van der Waals surface area contributed by atoms with E-state index >= 15 is 0 Å². The van der Waals surface area contributed by atoms with Crippen molar-refractivity contribution < 1.29 is 14.3 Å².